The number of carboxylic acids is 1. The number of carbonyl (C=O) groups is 3. The first kappa shape index (κ1) is 23.2. The number of nitrogens with one attached hydrogen (secondary N) is 1. The average molecular weight is 359 g/mol. The normalized spacial score (nSPS) is 12.3. The summed E-state index contributed by atoms with van der Waals surface area (Å²) in [7, 11) is 0. The summed E-state index contributed by atoms with van der Waals surface area (Å²) < 4.78 is 10.1. The van der Waals surface area contributed by atoms with Crippen LogP contribution in [-0.2, 0) is 19.1 Å². The van der Waals surface area contributed by atoms with Crippen LogP contribution in [0.3, 0.4) is 0 Å². The van der Waals surface area contributed by atoms with E-state index in [2.05, 4.69) is 5.32 Å². The lowest BCUT2D eigenvalue weighted by Gasteiger charge is -2.19. The molecule has 0 bridgehead atoms. The van der Waals surface area contributed by atoms with E-state index < -0.39 is 23.6 Å². The highest BCUT2D eigenvalue weighted by Crippen LogP contribution is 2.15. The Morgan fingerprint density at radius 3 is 2.28 bits per heavy atom. The molecule has 0 spiro atoms. The van der Waals surface area contributed by atoms with Gasteiger partial charge in [0.25, 0.3) is 0 Å². The van der Waals surface area contributed by atoms with Gasteiger partial charge < -0.3 is 19.9 Å². The number of amides is 1. The van der Waals surface area contributed by atoms with Crippen molar-refractivity contribution in [2.75, 3.05) is 13.2 Å². The molecule has 0 heterocycles. The van der Waals surface area contributed by atoms with Crippen molar-refractivity contribution in [2.24, 2.45) is 5.92 Å². The maximum Gasteiger partial charge on any atom is 0.407 e. The van der Waals surface area contributed by atoms with E-state index in [4.69, 9.17) is 9.47 Å². The molecule has 0 saturated carbocycles. The zero-order valence-electron chi connectivity index (χ0n) is 15.9. The van der Waals surface area contributed by atoms with Gasteiger partial charge >= 0.3 is 18.0 Å². The second-order valence-electron chi connectivity index (χ2n) is 7.07. The molecule has 7 heteroatoms. The highest BCUT2D eigenvalue weighted by atomic mass is 16.6. The van der Waals surface area contributed by atoms with Crippen LogP contribution >= 0.6 is 0 Å². The van der Waals surface area contributed by atoms with E-state index in [1.54, 1.807) is 20.8 Å². The van der Waals surface area contributed by atoms with E-state index >= 15 is 0 Å². The second-order valence-corrected chi connectivity index (χ2v) is 7.07. The van der Waals surface area contributed by atoms with Crippen LogP contribution in [0.5, 0.6) is 0 Å². The summed E-state index contributed by atoms with van der Waals surface area (Å²) >= 11 is 0. The van der Waals surface area contributed by atoms with E-state index in [9.17, 15) is 19.5 Å². The molecule has 0 rings (SSSR count). The van der Waals surface area contributed by atoms with Crippen LogP contribution < -0.4 is 5.32 Å². The quantitative estimate of drug-likeness (QED) is 0.408. The van der Waals surface area contributed by atoms with Crippen LogP contribution in [0.25, 0.3) is 0 Å². The number of hydrogen-bond acceptors (Lipinski definition) is 5. The fourth-order valence-corrected chi connectivity index (χ4v) is 2.14. The second kappa shape index (κ2) is 12.6. The molecule has 1 amide bonds. The van der Waals surface area contributed by atoms with Crippen molar-refractivity contribution >= 4 is 18.0 Å². The van der Waals surface area contributed by atoms with Gasteiger partial charge in [-0.1, -0.05) is 13.3 Å². The Labute approximate surface area is 150 Å². The third kappa shape index (κ3) is 14.3. The number of hydrogen-bond donors (Lipinski definition) is 2. The van der Waals surface area contributed by atoms with Crippen LogP contribution in [0.1, 0.15) is 72.6 Å². The van der Waals surface area contributed by atoms with Crippen molar-refractivity contribution < 1.29 is 29.0 Å². The summed E-state index contributed by atoms with van der Waals surface area (Å²) in [5.74, 6) is -1.68. The van der Waals surface area contributed by atoms with E-state index in [1.807, 2.05) is 6.92 Å². The number of esters is 1. The van der Waals surface area contributed by atoms with Gasteiger partial charge in [-0.05, 0) is 52.9 Å². The maximum absolute atomic E-state index is 11.5. The summed E-state index contributed by atoms with van der Waals surface area (Å²) in [6, 6.07) is 0. The van der Waals surface area contributed by atoms with Crippen molar-refractivity contribution in [1.29, 1.82) is 0 Å². The molecule has 25 heavy (non-hydrogen) atoms. The predicted octanol–water partition coefficient (Wildman–Crippen LogP) is 3.51. The molecule has 2 N–H and O–H groups in total. The molecule has 0 aromatic carbocycles. The first-order valence-electron chi connectivity index (χ1n) is 9.01. The van der Waals surface area contributed by atoms with Crippen LogP contribution in [0.2, 0.25) is 0 Å². The van der Waals surface area contributed by atoms with Gasteiger partial charge in [0, 0.05) is 13.0 Å². The highest BCUT2D eigenvalue weighted by molar-refractivity contribution is 5.71. The molecule has 1 unspecified atom stereocenters. The molecule has 0 aromatic rings. The number of rotatable bonds is 12. The minimum absolute atomic E-state index is 0.240. The lowest BCUT2D eigenvalue weighted by atomic mass is 9.97. The van der Waals surface area contributed by atoms with Crippen molar-refractivity contribution in [3.8, 4) is 0 Å². The fourth-order valence-electron chi connectivity index (χ4n) is 2.14. The molecule has 0 aliphatic carbocycles. The number of aliphatic carboxylic acids is 1. The topological polar surface area (TPSA) is 102 Å². The number of carboxylic acid groups (broad SMARTS) is 1. The van der Waals surface area contributed by atoms with Crippen molar-refractivity contribution in [1.82, 2.24) is 5.32 Å². The van der Waals surface area contributed by atoms with Gasteiger partial charge in [0.15, 0.2) is 0 Å². The van der Waals surface area contributed by atoms with Crippen LogP contribution in [-0.4, -0.2) is 41.9 Å². The molecule has 0 radical (unpaired) electrons. The van der Waals surface area contributed by atoms with Gasteiger partial charge in [0.1, 0.15) is 5.60 Å². The Morgan fingerprint density at radius 2 is 1.72 bits per heavy atom. The van der Waals surface area contributed by atoms with E-state index in [0.29, 0.717) is 38.8 Å². The number of carbonyl (C=O) groups excluding carboxylic acids is 2. The summed E-state index contributed by atoms with van der Waals surface area (Å²) in [6.45, 7) is 8.13. The maximum atomic E-state index is 11.5. The third-order valence-corrected chi connectivity index (χ3v) is 3.44. The Morgan fingerprint density at radius 1 is 1.08 bits per heavy atom. The minimum Gasteiger partial charge on any atom is -0.481 e. The Hall–Kier alpha value is -1.79. The van der Waals surface area contributed by atoms with E-state index in [1.165, 1.54) is 0 Å². The molecule has 0 aliphatic heterocycles. The molecular formula is C18H33NO6. The van der Waals surface area contributed by atoms with Crippen molar-refractivity contribution in [2.45, 2.75) is 78.2 Å². The lowest BCUT2D eigenvalue weighted by Crippen LogP contribution is -2.33. The monoisotopic (exact) mass is 359 g/mol. The molecular weight excluding hydrogens is 326 g/mol. The van der Waals surface area contributed by atoms with Crippen LogP contribution in [0, 0.1) is 5.92 Å². The Kier molecular flexibility index (Phi) is 11.7. The van der Waals surface area contributed by atoms with Crippen LogP contribution in [0.15, 0.2) is 0 Å². The average Bonchev–Trinajstić information content (AvgIpc) is 2.47. The predicted molar refractivity (Wildman–Crippen MR) is 94.3 cm³/mol. The molecule has 1 atom stereocenters. The summed E-state index contributed by atoms with van der Waals surface area (Å²) in [6.07, 6.45) is 3.43. The molecule has 146 valence electrons. The van der Waals surface area contributed by atoms with Crippen LogP contribution in [0.4, 0.5) is 4.79 Å². The minimum atomic E-state index is -0.878. The van der Waals surface area contributed by atoms with E-state index in [0.717, 1.165) is 12.8 Å². The summed E-state index contributed by atoms with van der Waals surface area (Å²) in [5.41, 5.74) is -0.556. The van der Waals surface area contributed by atoms with Gasteiger partial charge in [0.05, 0.1) is 12.5 Å². The third-order valence-electron chi connectivity index (χ3n) is 3.44. The Balaban J connectivity index is 3.94. The van der Waals surface area contributed by atoms with Crippen molar-refractivity contribution in [3.63, 3.8) is 0 Å². The standard InChI is InChI=1S/C18H33NO6/c1-5-6-13-24-15(20)11-7-9-14(16(21)22)10-8-12-19-17(23)25-18(2,3)4/h14H,5-13H2,1-4H3,(H,19,23)(H,21,22). The fraction of sp³-hybridized carbons (Fsp3) is 0.833. The number of alkyl carbamates (subject to hydrolysis) is 1. The zero-order chi connectivity index (χ0) is 19.3. The molecule has 7 nitrogen and oxygen atoms in total. The zero-order valence-corrected chi connectivity index (χ0v) is 15.9. The largest absolute Gasteiger partial charge is 0.481 e. The molecule has 0 aromatic heterocycles. The van der Waals surface area contributed by atoms with Gasteiger partial charge in [-0.3, -0.25) is 9.59 Å². The number of unbranched alkanes of at least 4 members (excludes halogenated alkanes) is 1. The first-order chi connectivity index (χ1) is 11.7. The van der Waals surface area contributed by atoms with Gasteiger partial charge in [-0.25, -0.2) is 4.79 Å². The lowest BCUT2D eigenvalue weighted by molar-refractivity contribution is -0.145. The SMILES string of the molecule is CCCCOC(=O)CCCC(CCCNC(=O)OC(C)(C)C)C(=O)O. The van der Waals surface area contributed by atoms with Gasteiger partial charge in [-0.15, -0.1) is 0 Å². The smallest absolute Gasteiger partial charge is 0.407 e. The van der Waals surface area contributed by atoms with Gasteiger partial charge in [0.2, 0.25) is 0 Å². The first-order valence-corrected chi connectivity index (χ1v) is 9.01. The van der Waals surface area contributed by atoms with Gasteiger partial charge in [-0.2, -0.15) is 0 Å². The molecule has 0 fully saturated rings. The highest BCUT2D eigenvalue weighted by Gasteiger charge is 2.19. The molecule has 0 aliphatic rings. The van der Waals surface area contributed by atoms with E-state index in [-0.39, 0.29) is 12.4 Å². The number of ether oxygens (including phenoxy) is 2. The molecule has 0 saturated heterocycles. The summed E-state index contributed by atoms with van der Waals surface area (Å²) in [4.78, 5) is 34.3. The van der Waals surface area contributed by atoms with Crippen molar-refractivity contribution in [3.05, 3.63) is 0 Å². The summed E-state index contributed by atoms with van der Waals surface area (Å²) in [5, 5.41) is 11.9. The Bertz CT molecular complexity index is 416.